The fraction of sp³-hybridized carbons (Fsp3) is 0.241. The summed E-state index contributed by atoms with van der Waals surface area (Å²) in [6.07, 6.45) is 1.59. The first kappa shape index (κ1) is 26.0. The van der Waals surface area contributed by atoms with Crippen LogP contribution in [0.15, 0.2) is 66.9 Å². The van der Waals surface area contributed by atoms with Crippen molar-refractivity contribution in [2.75, 3.05) is 0 Å². The summed E-state index contributed by atoms with van der Waals surface area (Å²) in [5.74, 6) is 0. The third-order valence-electron chi connectivity index (χ3n) is 5.57. The van der Waals surface area contributed by atoms with Crippen LogP contribution >= 0.6 is 0 Å². The Morgan fingerprint density at radius 1 is 0.824 bits per heavy atom. The van der Waals surface area contributed by atoms with Crippen LogP contribution in [0.5, 0.6) is 0 Å². The van der Waals surface area contributed by atoms with E-state index in [-0.39, 0.29) is 33.3 Å². The maximum absolute atomic E-state index is 8.56. The second kappa shape index (κ2) is 11.2. The number of rotatable bonds is 3. The summed E-state index contributed by atoms with van der Waals surface area (Å²) in [7, 11) is 0. The molecule has 5 rings (SSSR count). The molecule has 1 heterocycles. The van der Waals surface area contributed by atoms with Crippen LogP contribution in [0.25, 0.3) is 43.8 Å². The van der Waals surface area contributed by atoms with Crippen LogP contribution in [0.1, 0.15) is 31.4 Å². The molecular weight excluding hydrogens is 603 g/mol. The summed E-state index contributed by atoms with van der Waals surface area (Å²) in [5.41, 5.74) is 6.27. The summed E-state index contributed by atoms with van der Waals surface area (Å²) >= 11 is 0. The van der Waals surface area contributed by atoms with E-state index in [2.05, 4.69) is 56.3 Å². The molecule has 0 aliphatic carbocycles. The molecule has 0 aliphatic heterocycles. The van der Waals surface area contributed by atoms with E-state index in [1.54, 1.807) is 13.8 Å². The molecule has 34 heavy (non-hydrogen) atoms. The Morgan fingerprint density at radius 3 is 2.15 bits per heavy atom. The molecule has 0 saturated heterocycles. The van der Waals surface area contributed by atoms with Gasteiger partial charge in [0.25, 0.3) is 0 Å². The number of aryl methyl sites for hydroxylation is 2. The molecule has 0 spiro atoms. The van der Waals surface area contributed by atoms with Gasteiger partial charge in [-0.2, -0.15) is 0 Å². The zero-order valence-corrected chi connectivity index (χ0v) is 22.1. The van der Waals surface area contributed by atoms with Crippen molar-refractivity contribution < 1.29 is 31.3 Å². The Labute approximate surface area is 215 Å². The molecule has 0 aliphatic rings. The number of aromatic nitrogens is 2. The molecule has 5 heteroatoms. The third-order valence-corrected chi connectivity index (χ3v) is 5.57. The van der Waals surface area contributed by atoms with E-state index in [1.807, 2.05) is 30.5 Å². The number of hydrogen-bond donors (Lipinski definition) is 2. The zero-order chi connectivity index (χ0) is 23.5. The van der Waals surface area contributed by atoms with Crippen molar-refractivity contribution in [3.63, 3.8) is 0 Å². The van der Waals surface area contributed by atoms with Crippen molar-refractivity contribution in [1.82, 2.24) is 9.97 Å². The van der Waals surface area contributed by atoms with Gasteiger partial charge in [0.05, 0.1) is 23.4 Å². The molecule has 0 fully saturated rings. The normalized spacial score (nSPS) is 12.6. The first-order chi connectivity index (χ1) is 15.8. The molecule has 178 valence electrons. The fourth-order valence-electron chi connectivity index (χ4n) is 4.10. The van der Waals surface area contributed by atoms with Crippen molar-refractivity contribution in [3.8, 4) is 11.3 Å². The predicted octanol–water partition coefficient (Wildman–Crippen LogP) is 6.16. The van der Waals surface area contributed by atoms with E-state index in [0.29, 0.717) is 6.42 Å². The number of benzene rings is 4. The minimum Gasteiger partial charge on any atom is -0.393 e. The largest absolute Gasteiger partial charge is 0.393 e. The fourth-order valence-corrected chi connectivity index (χ4v) is 4.10. The van der Waals surface area contributed by atoms with Gasteiger partial charge in [-0.3, -0.25) is 4.98 Å². The molecule has 1 aromatic heterocycles. The molecule has 2 atom stereocenters. The van der Waals surface area contributed by atoms with Crippen LogP contribution in [0, 0.1) is 19.9 Å². The molecule has 0 saturated carbocycles. The van der Waals surface area contributed by atoms with E-state index in [9.17, 15) is 0 Å². The molecule has 5 aromatic rings. The van der Waals surface area contributed by atoms with E-state index >= 15 is 0 Å². The average molecular weight is 633 g/mol. The van der Waals surface area contributed by atoms with E-state index < -0.39 is 0 Å². The second-order valence-corrected chi connectivity index (χ2v) is 8.77. The van der Waals surface area contributed by atoms with Gasteiger partial charge in [0.1, 0.15) is 0 Å². The summed E-state index contributed by atoms with van der Waals surface area (Å²) in [4.78, 5) is 9.79. The monoisotopic (exact) mass is 632 g/mol. The molecule has 0 bridgehead atoms. The summed E-state index contributed by atoms with van der Waals surface area (Å²) in [5, 5.41) is 21.7. The van der Waals surface area contributed by atoms with Gasteiger partial charge in [-0.1, -0.05) is 71.8 Å². The Balaban J connectivity index is 0.000000357. The smallest absolute Gasteiger partial charge is 0.0873 e. The topological polar surface area (TPSA) is 66.2 Å². The van der Waals surface area contributed by atoms with Gasteiger partial charge in [0.15, 0.2) is 0 Å². The Morgan fingerprint density at radius 2 is 1.50 bits per heavy atom. The average Bonchev–Trinajstić information content (AvgIpc) is 2.79. The van der Waals surface area contributed by atoms with Gasteiger partial charge in [0.2, 0.25) is 0 Å². The van der Waals surface area contributed by atoms with Crippen LogP contribution < -0.4 is 0 Å². The van der Waals surface area contributed by atoms with E-state index in [1.165, 1.54) is 21.9 Å². The maximum Gasteiger partial charge on any atom is 0.0873 e. The van der Waals surface area contributed by atoms with Crippen LogP contribution in [-0.2, 0) is 21.1 Å². The van der Waals surface area contributed by atoms with Crippen molar-refractivity contribution >= 4 is 32.6 Å². The van der Waals surface area contributed by atoms with Crippen LogP contribution in [0.3, 0.4) is 0 Å². The van der Waals surface area contributed by atoms with Crippen molar-refractivity contribution in [2.24, 2.45) is 0 Å². The maximum atomic E-state index is 8.56. The third kappa shape index (κ3) is 5.70. The Bertz CT molecular complexity index is 1410. The van der Waals surface area contributed by atoms with Gasteiger partial charge < -0.3 is 15.2 Å². The van der Waals surface area contributed by atoms with Gasteiger partial charge in [-0.15, -0.1) is 29.1 Å². The quantitative estimate of drug-likeness (QED) is 0.185. The SMILES string of the molecule is CC(O)CC(C)O.Cc1c[c-]c2c(c1)c1cc(C)ccc1c1nc(-c3ccccc3)cnc21.[Pt]. The van der Waals surface area contributed by atoms with Crippen LogP contribution in [0.2, 0.25) is 0 Å². The molecular formula is C29H29N2O2Pt-. The van der Waals surface area contributed by atoms with Crippen molar-refractivity contribution in [1.29, 1.82) is 0 Å². The molecule has 2 unspecified atom stereocenters. The van der Waals surface area contributed by atoms with E-state index in [0.717, 1.165) is 33.1 Å². The zero-order valence-electron chi connectivity index (χ0n) is 19.8. The number of aliphatic hydroxyl groups excluding tert-OH is 2. The summed E-state index contributed by atoms with van der Waals surface area (Å²) < 4.78 is 0. The van der Waals surface area contributed by atoms with Crippen LogP contribution in [-0.4, -0.2) is 32.4 Å². The number of hydrogen-bond acceptors (Lipinski definition) is 4. The predicted molar refractivity (Wildman–Crippen MR) is 136 cm³/mol. The van der Waals surface area contributed by atoms with Crippen molar-refractivity contribution in [3.05, 3.63) is 84.1 Å². The molecule has 4 nitrogen and oxygen atoms in total. The minimum absolute atomic E-state index is 0. The minimum atomic E-state index is -0.375. The Kier molecular flexibility index (Phi) is 8.54. The second-order valence-electron chi connectivity index (χ2n) is 8.77. The van der Waals surface area contributed by atoms with Gasteiger partial charge >= 0.3 is 0 Å². The molecule has 0 radical (unpaired) electrons. The van der Waals surface area contributed by atoms with Gasteiger partial charge in [-0.05, 0) is 32.6 Å². The molecule has 0 amide bonds. The number of aliphatic hydroxyl groups is 2. The summed E-state index contributed by atoms with van der Waals surface area (Å²) in [6, 6.07) is 24.4. The standard InChI is InChI=1S/C24H17N2.C5H12O2.Pt/c1-15-8-10-18-20(12-15)21-13-16(2)9-11-19(21)24-23(18)25-14-22(26-24)17-6-4-3-5-7-17;1-4(6)3-5(2)7;/h3-9,11-14H,1-2H3;4-7H,3H2,1-2H3;/q-1;;. The van der Waals surface area contributed by atoms with E-state index in [4.69, 9.17) is 20.2 Å². The van der Waals surface area contributed by atoms with Gasteiger partial charge in [0, 0.05) is 38.3 Å². The number of fused-ring (bicyclic) bond motifs is 6. The molecule has 4 aromatic carbocycles. The first-order valence-corrected chi connectivity index (χ1v) is 11.3. The van der Waals surface area contributed by atoms with Gasteiger partial charge in [-0.25, -0.2) is 0 Å². The number of nitrogens with zero attached hydrogens (tertiary/aromatic N) is 2. The van der Waals surface area contributed by atoms with Crippen LogP contribution in [0.4, 0.5) is 0 Å². The molecule has 2 N–H and O–H groups in total. The first-order valence-electron chi connectivity index (χ1n) is 11.3. The van der Waals surface area contributed by atoms with Crippen molar-refractivity contribution in [2.45, 2.75) is 46.3 Å². The summed E-state index contributed by atoms with van der Waals surface area (Å²) in [6.45, 7) is 7.55. The Hall–Kier alpha value is -2.65.